The third-order valence-corrected chi connectivity index (χ3v) is 2.84. The highest BCUT2D eigenvalue weighted by molar-refractivity contribution is 6.04. The van der Waals surface area contributed by atoms with Crippen molar-refractivity contribution in [2.45, 2.75) is 6.92 Å². The molecule has 104 valence electrons. The Bertz CT molecular complexity index is 583. The van der Waals surface area contributed by atoms with E-state index in [0.29, 0.717) is 18.1 Å². The van der Waals surface area contributed by atoms with Gasteiger partial charge in [0.15, 0.2) is 5.69 Å². The average molecular weight is 274 g/mol. The Labute approximate surface area is 116 Å². The van der Waals surface area contributed by atoms with Crippen LogP contribution in [0.3, 0.4) is 0 Å². The molecule has 1 amide bonds. The van der Waals surface area contributed by atoms with Gasteiger partial charge in [-0.25, -0.2) is 4.39 Å². The zero-order valence-electron chi connectivity index (χ0n) is 11.3. The van der Waals surface area contributed by atoms with E-state index in [0.717, 1.165) is 0 Å². The molecular weight excluding hydrogens is 259 g/mol. The van der Waals surface area contributed by atoms with Crippen molar-refractivity contribution in [3.8, 4) is 0 Å². The van der Waals surface area contributed by atoms with Gasteiger partial charge in [-0.2, -0.15) is 0 Å². The van der Waals surface area contributed by atoms with E-state index in [1.165, 1.54) is 17.0 Å². The van der Waals surface area contributed by atoms with Gasteiger partial charge in [-0.15, -0.1) is 10.2 Å². The summed E-state index contributed by atoms with van der Waals surface area (Å²) >= 11 is 0. The van der Waals surface area contributed by atoms with Gasteiger partial charge < -0.3 is 10.2 Å². The third kappa shape index (κ3) is 2.90. The molecule has 0 aliphatic carbocycles. The van der Waals surface area contributed by atoms with Crippen molar-refractivity contribution in [1.82, 2.24) is 10.2 Å². The van der Waals surface area contributed by atoms with Crippen molar-refractivity contribution < 1.29 is 9.18 Å². The monoisotopic (exact) mass is 274 g/mol. The normalized spacial score (nSPS) is 10.2. The van der Waals surface area contributed by atoms with E-state index < -0.39 is 0 Å². The fraction of sp³-hybridized carbons (Fsp3) is 0.214. The summed E-state index contributed by atoms with van der Waals surface area (Å²) in [6.45, 7) is 2.30. The van der Waals surface area contributed by atoms with Crippen LogP contribution in [0, 0.1) is 5.82 Å². The Morgan fingerprint density at radius 1 is 1.20 bits per heavy atom. The molecule has 2 aromatic rings. The lowest BCUT2D eigenvalue weighted by molar-refractivity contribution is 0.0982. The second kappa shape index (κ2) is 6.10. The smallest absolute Gasteiger partial charge is 0.278 e. The van der Waals surface area contributed by atoms with Crippen LogP contribution in [-0.2, 0) is 0 Å². The minimum Gasteiger partial charge on any atom is -0.372 e. The van der Waals surface area contributed by atoms with Crippen molar-refractivity contribution in [3.05, 3.63) is 47.9 Å². The summed E-state index contributed by atoms with van der Waals surface area (Å²) in [5.41, 5.74) is 0.869. The third-order valence-electron chi connectivity index (χ3n) is 2.84. The highest BCUT2D eigenvalue weighted by Gasteiger charge is 2.17. The number of hydrogen-bond donors (Lipinski definition) is 1. The van der Waals surface area contributed by atoms with E-state index in [-0.39, 0.29) is 17.4 Å². The molecule has 1 N–H and O–H groups in total. The highest BCUT2D eigenvalue weighted by Crippen LogP contribution is 2.17. The molecule has 6 heteroatoms. The fourth-order valence-corrected chi connectivity index (χ4v) is 1.78. The second-order valence-electron chi connectivity index (χ2n) is 4.08. The highest BCUT2D eigenvalue weighted by atomic mass is 19.1. The number of anilines is 2. The number of halogens is 1. The minimum atomic E-state index is -0.338. The molecule has 20 heavy (non-hydrogen) atoms. The van der Waals surface area contributed by atoms with Gasteiger partial charge in [0.25, 0.3) is 5.91 Å². The van der Waals surface area contributed by atoms with Crippen LogP contribution >= 0.6 is 0 Å². The summed E-state index contributed by atoms with van der Waals surface area (Å²) in [7, 11) is 1.72. The molecule has 1 aromatic carbocycles. The van der Waals surface area contributed by atoms with Crippen molar-refractivity contribution >= 4 is 17.4 Å². The molecular formula is C14H15FN4O. The Kier molecular flexibility index (Phi) is 4.24. The molecule has 2 rings (SSSR count). The number of hydrogen-bond acceptors (Lipinski definition) is 4. The zero-order valence-corrected chi connectivity index (χ0v) is 11.3. The Morgan fingerprint density at radius 3 is 2.40 bits per heavy atom. The Morgan fingerprint density at radius 2 is 1.90 bits per heavy atom. The van der Waals surface area contributed by atoms with Crippen LogP contribution in [0.1, 0.15) is 17.4 Å². The number of benzene rings is 1. The molecule has 0 aliphatic rings. The largest absolute Gasteiger partial charge is 0.372 e. The molecule has 0 spiro atoms. The van der Waals surface area contributed by atoms with E-state index in [1.54, 1.807) is 31.3 Å². The summed E-state index contributed by atoms with van der Waals surface area (Å²) in [6.07, 6.45) is 0. The van der Waals surface area contributed by atoms with Gasteiger partial charge in [0.2, 0.25) is 0 Å². The molecule has 0 aliphatic heterocycles. The van der Waals surface area contributed by atoms with E-state index in [9.17, 15) is 9.18 Å². The van der Waals surface area contributed by atoms with Gasteiger partial charge >= 0.3 is 0 Å². The van der Waals surface area contributed by atoms with E-state index in [4.69, 9.17) is 0 Å². The number of carbonyl (C=O) groups is 1. The van der Waals surface area contributed by atoms with Gasteiger partial charge in [-0.1, -0.05) is 0 Å². The summed E-state index contributed by atoms with van der Waals surface area (Å²) in [5, 5.41) is 10.6. The van der Waals surface area contributed by atoms with Crippen LogP contribution in [0.4, 0.5) is 15.9 Å². The van der Waals surface area contributed by atoms with Crippen LogP contribution in [0.2, 0.25) is 0 Å². The number of carbonyl (C=O) groups excluding carboxylic acids is 1. The molecule has 0 saturated heterocycles. The molecule has 0 bridgehead atoms. The summed E-state index contributed by atoms with van der Waals surface area (Å²) in [4.78, 5) is 13.9. The van der Waals surface area contributed by atoms with Gasteiger partial charge in [0.05, 0.1) is 0 Å². The first-order chi connectivity index (χ1) is 9.65. The van der Waals surface area contributed by atoms with Crippen LogP contribution in [0.15, 0.2) is 36.4 Å². The van der Waals surface area contributed by atoms with Gasteiger partial charge in [-0.3, -0.25) is 4.79 Å². The van der Waals surface area contributed by atoms with Gasteiger partial charge in [0, 0.05) is 19.3 Å². The quantitative estimate of drug-likeness (QED) is 0.929. The lowest BCUT2D eigenvalue weighted by Crippen LogP contribution is -2.31. The molecule has 1 heterocycles. The van der Waals surface area contributed by atoms with Gasteiger partial charge in [0.1, 0.15) is 11.6 Å². The van der Waals surface area contributed by atoms with Crippen molar-refractivity contribution in [2.75, 3.05) is 23.8 Å². The van der Waals surface area contributed by atoms with Crippen molar-refractivity contribution in [2.24, 2.45) is 0 Å². The first-order valence-electron chi connectivity index (χ1n) is 6.24. The lowest BCUT2D eigenvalue weighted by atomic mass is 10.2. The van der Waals surface area contributed by atoms with E-state index in [1.807, 2.05) is 6.92 Å². The molecule has 0 atom stereocenters. The Balaban J connectivity index is 2.26. The lowest BCUT2D eigenvalue weighted by Gasteiger charge is -2.20. The first-order valence-corrected chi connectivity index (χ1v) is 6.24. The van der Waals surface area contributed by atoms with E-state index in [2.05, 4.69) is 15.5 Å². The molecule has 1 aromatic heterocycles. The average Bonchev–Trinajstić information content (AvgIpc) is 2.50. The van der Waals surface area contributed by atoms with Gasteiger partial charge in [-0.05, 0) is 43.3 Å². The standard InChI is InChI=1S/C14H15FN4O/c1-3-19(11-6-4-10(15)5-7-11)14(20)12-8-9-13(16-2)18-17-12/h4-9H,3H2,1-2H3,(H,16,18). The predicted molar refractivity (Wildman–Crippen MR) is 75.3 cm³/mol. The second-order valence-corrected chi connectivity index (χ2v) is 4.08. The number of amides is 1. The van der Waals surface area contributed by atoms with E-state index >= 15 is 0 Å². The van der Waals surface area contributed by atoms with Crippen molar-refractivity contribution in [3.63, 3.8) is 0 Å². The van der Waals surface area contributed by atoms with Crippen molar-refractivity contribution in [1.29, 1.82) is 0 Å². The number of rotatable bonds is 4. The molecule has 0 saturated carbocycles. The van der Waals surface area contributed by atoms with Crippen LogP contribution in [-0.4, -0.2) is 29.7 Å². The maximum absolute atomic E-state index is 12.9. The minimum absolute atomic E-state index is 0.246. The molecule has 0 unspecified atom stereocenters. The number of nitrogens with zero attached hydrogens (tertiary/aromatic N) is 3. The summed E-state index contributed by atoms with van der Waals surface area (Å²) in [5.74, 6) is -0.0175. The first kappa shape index (κ1) is 13.9. The SMILES string of the molecule is CCN(C(=O)c1ccc(NC)nn1)c1ccc(F)cc1. The predicted octanol–water partition coefficient (Wildman–Crippen LogP) is 2.32. The summed E-state index contributed by atoms with van der Waals surface area (Å²) < 4.78 is 12.9. The molecule has 0 radical (unpaired) electrons. The number of aromatic nitrogens is 2. The van der Waals surface area contributed by atoms with Crippen LogP contribution in [0.25, 0.3) is 0 Å². The maximum atomic E-state index is 12.9. The Hall–Kier alpha value is -2.50. The maximum Gasteiger partial charge on any atom is 0.278 e. The summed E-state index contributed by atoms with van der Waals surface area (Å²) in [6, 6.07) is 9.05. The molecule has 5 nitrogen and oxygen atoms in total. The topological polar surface area (TPSA) is 58.1 Å². The van der Waals surface area contributed by atoms with Crippen LogP contribution < -0.4 is 10.2 Å². The van der Waals surface area contributed by atoms with Crippen LogP contribution in [0.5, 0.6) is 0 Å². The number of nitrogens with one attached hydrogen (secondary N) is 1. The molecule has 0 fully saturated rings. The fourth-order valence-electron chi connectivity index (χ4n) is 1.78. The zero-order chi connectivity index (χ0) is 14.5.